The Labute approximate surface area is 135 Å². The number of aromatic nitrogens is 3. The van der Waals surface area contributed by atoms with Crippen molar-refractivity contribution in [2.75, 3.05) is 6.61 Å². The summed E-state index contributed by atoms with van der Waals surface area (Å²) in [5.41, 5.74) is 8.96. The zero-order valence-electron chi connectivity index (χ0n) is 13.0. The molecule has 3 aromatic rings. The summed E-state index contributed by atoms with van der Waals surface area (Å²) < 4.78 is 7.81. The second-order valence-corrected chi connectivity index (χ2v) is 5.92. The van der Waals surface area contributed by atoms with Crippen molar-refractivity contribution in [3.8, 4) is 0 Å². The minimum absolute atomic E-state index is 0.0681. The average molecular weight is 308 g/mol. The highest BCUT2D eigenvalue weighted by atomic mass is 16.5. The Morgan fingerprint density at radius 2 is 2.04 bits per heavy atom. The number of nitrogens with zero attached hydrogens (tertiary/aromatic N) is 3. The molecule has 0 spiro atoms. The lowest BCUT2D eigenvalue weighted by atomic mass is 10.0. The molecule has 2 heterocycles. The molecule has 4 rings (SSSR count). The van der Waals surface area contributed by atoms with E-state index >= 15 is 0 Å². The minimum Gasteiger partial charge on any atom is -0.372 e. The zero-order valence-corrected chi connectivity index (χ0v) is 13.0. The maximum Gasteiger partial charge on any atom is 0.102 e. The fraction of sp³-hybridized carbons (Fsp3) is 0.333. The van der Waals surface area contributed by atoms with E-state index in [1.807, 2.05) is 4.68 Å². The third kappa shape index (κ3) is 2.62. The predicted octanol–water partition coefficient (Wildman–Crippen LogP) is 2.79. The molecule has 1 atom stereocenters. The maximum atomic E-state index is 5.85. The number of hydrogen-bond acceptors (Lipinski definition) is 4. The molecule has 0 amide bonds. The van der Waals surface area contributed by atoms with Crippen molar-refractivity contribution >= 4 is 10.8 Å². The van der Waals surface area contributed by atoms with Gasteiger partial charge in [0.05, 0.1) is 12.2 Å². The van der Waals surface area contributed by atoms with Crippen molar-refractivity contribution in [2.24, 2.45) is 5.73 Å². The third-order valence-electron chi connectivity index (χ3n) is 4.48. The van der Waals surface area contributed by atoms with E-state index in [2.05, 4.69) is 52.8 Å². The lowest BCUT2D eigenvalue weighted by Gasteiger charge is -2.14. The Hall–Kier alpha value is -2.24. The summed E-state index contributed by atoms with van der Waals surface area (Å²) >= 11 is 0. The maximum absolute atomic E-state index is 5.85. The highest BCUT2D eigenvalue weighted by Gasteiger charge is 2.26. The second-order valence-electron chi connectivity index (χ2n) is 5.92. The molecule has 5 nitrogen and oxygen atoms in total. The van der Waals surface area contributed by atoms with Crippen LogP contribution in [-0.4, -0.2) is 21.6 Å². The van der Waals surface area contributed by atoms with Gasteiger partial charge in [0, 0.05) is 13.2 Å². The average Bonchev–Trinajstić information content (AvgIpc) is 3.24. The molecule has 5 heteroatoms. The van der Waals surface area contributed by atoms with Crippen molar-refractivity contribution in [2.45, 2.75) is 32.0 Å². The Morgan fingerprint density at radius 3 is 2.87 bits per heavy atom. The predicted molar refractivity (Wildman–Crippen MR) is 88.9 cm³/mol. The quantitative estimate of drug-likeness (QED) is 0.805. The van der Waals surface area contributed by atoms with E-state index in [9.17, 15) is 0 Å². The Bertz CT molecular complexity index is 816. The van der Waals surface area contributed by atoms with Crippen LogP contribution in [0.2, 0.25) is 0 Å². The van der Waals surface area contributed by atoms with Gasteiger partial charge in [-0.3, -0.25) is 0 Å². The highest BCUT2D eigenvalue weighted by molar-refractivity contribution is 5.85. The van der Waals surface area contributed by atoms with Gasteiger partial charge in [-0.1, -0.05) is 47.7 Å². The van der Waals surface area contributed by atoms with E-state index in [1.54, 1.807) is 0 Å². The lowest BCUT2D eigenvalue weighted by Crippen LogP contribution is -2.13. The number of rotatable bonds is 4. The first-order chi connectivity index (χ1) is 11.4. The first-order valence-electron chi connectivity index (χ1n) is 8.07. The number of fused-ring (bicyclic) bond motifs is 1. The van der Waals surface area contributed by atoms with Gasteiger partial charge >= 0.3 is 0 Å². The van der Waals surface area contributed by atoms with E-state index in [1.165, 1.54) is 16.3 Å². The van der Waals surface area contributed by atoms with Crippen LogP contribution < -0.4 is 5.73 Å². The normalized spacial score (nSPS) is 17.9. The van der Waals surface area contributed by atoms with Crippen LogP contribution in [0, 0.1) is 0 Å². The number of ether oxygens (including phenoxy) is 1. The number of nitrogens with two attached hydrogens (primary N) is 1. The number of hydrogen-bond donors (Lipinski definition) is 1. The van der Waals surface area contributed by atoms with Crippen LogP contribution in [0.3, 0.4) is 0 Å². The Morgan fingerprint density at radius 1 is 1.17 bits per heavy atom. The summed E-state index contributed by atoms with van der Waals surface area (Å²) in [4.78, 5) is 0. The van der Waals surface area contributed by atoms with Crippen molar-refractivity contribution < 1.29 is 4.74 Å². The molecular formula is C18H20N4O. The van der Waals surface area contributed by atoms with Gasteiger partial charge in [-0.05, 0) is 29.2 Å². The second kappa shape index (κ2) is 6.10. The molecule has 23 heavy (non-hydrogen) atoms. The van der Waals surface area contributed by atoms with E-state index in [0.29, 0.717) is 13.1 Å². The fourth-order valence-corrected chi connectivity index (χ4v) is 3.36. The van der Waals surface area contributed by atoms with Gasteiger partial charge < -0.3 is 10.5 Å². The van der Waals surface area contributed by atoms with Crippen LogP contribution in [-0.2, 0) is 17.8 Å². The van der Waals surface area contributed by atoms with E-state index < -0.39 is 0 Å². The van der Waals surface area contributed by atoms with Gasteiger partial charge in [0.15, 0.2) is 0 Å². The smallest absolute Gasteiger partial charge is 0.102 e. The summed E-state index contributed by atoms with van der Waals surface area (Å²) in [7, 11) is 0. The summed E-state index contributed by atoms with van der Waals surface area (Å²) in [5, 5.41) is 11.1. The van der Waals surface area contributed by atoms with Gasteiger partial charge in [-0.25, -0.2) is 4.68 Å². The molecule has 0 aliphatic carbocycles. The molecule has 2 aromatic carbocycles. The first kappa shape index (κ1) is 14.4. The summed E-state index contributed by atoms with van der Waals surface area (Å²) in [6.45, 7) is 1.88. The SMILES string of the molecule is NCc1nnn(Cc2cccc3ccccc23)c1C1CCCO1. The third-order valence-corrected chi connectivity index (χ3v) is 4.48. The summed E-state index contributed by atoms with van der Waals surface area (Å²) in [6.07, 6.45) is 2.16. The Kier molecular flexibility index (Phi) is 3.81. The van der Waals surface area contributed by atoms with E-state index in [4.69, 9.17) is 10.5 Å². The van der Waals surface area contributed by atoms with Gasteiger partial charge in [0.25, 0.3) is 0 Å². The molecule has 1 fully saturated rings. The van der Waals surface area contributed by atoms with Gasteiger partial charge in [0.2, 0.25) is 0 Å². The van der Waals surface area contributed by atoms with Gasteiger partial charge in [-0.2, -0.15) is 0 Å². The molecule has 0 radical (unpaired) electrons. The lowest BCUT2D eigenvalue weighted by molar-refractivity contribution is 0.104. The molecule has 1 saturated heterocycles. The molecule has 1 aliphatic rings. The zero-order chi connectivity index (χ0) is 15.6. The summed E-state index contributed by atoms with van der Waals surface area (Å²) in [5.74, 6) is 0. The van der Waals surface area contributed by atoms with E-state index in [0.717, 1.165) is 30.8 Å². The molecule has 0 saturated carbocycles. The van der Waals surface area contributed by atoms with E-state index in [-0.39, 0.29) is 6.10 Å². The van der Waals surface area contributed by atoms with Gasteiger partial charge in [-0.15, -0.1) is 5.10 Å². The monoisotopic (exact) mass is 308 g/mol. The van der Waals surface area contributed by atoms with Crippen LogP contribution >= 0.6 is 0 Å². The molecule has 2 N–H and O–H groups in total. The summed E-state index contributed by atoms with van der Waals surface area (Å²) in [6, 6.07) is 14.8. The Balaban J connectivity index is 1.75. The molecule has 1 unspecified atom stereocenters. The molecule has 1 aromatic heterocycles. The van der Waals surface area contributed by atoms with Crippen LogP contribution in [0.5, 0.6) is 0 Å². The minimum atomic E-state index is 0.0681. The standard InChI is InChI=1S/C18H20N4O/c19-11-16-18(17-9-4-10-23-17)22(21-20-16)12-14-7-3-6-13-5-1-2-8-15(13)14/h1-3,5-8,17H,4,9-12,19H2. The first-order valence-corrected chi connectivity index (χ1v) is 8.07. The van der Waals surface area contributed by atoms with Crippen LogP contribution in [0.1, 0.15) is 35.9 Å². The topological polar surface area (TPSA) is 66.0 Å². The van der Waals surface area contributed by atoms with Crippen LogP contribution in [0.15, 0.2) is 42.5 Å². The molecule has 1 aliphatic heterocycles. The molecular weight excluding hydrogens is 288 g/mol. The fourth-order valence-electron chi connectivity index (χ4n) is 3.36. The highest BCUT2D eigenvalue weighted by Crippen LogP contribution is 2.30. The molecule has 0 bridgehead atoms. The van der Waals surface area contributed by atoms with Crippen molar-refractivity contribution in [1.29, 1.82) is 0 Å². The van der Waals surface area contributed by atoms with Crippen LogP contribution in [0.25, 0.3) is 10.8 Å². The van der Waals surface area contributed by atoms with Gasteiger partial charge in [0.1, 0.15) is 11.8 Å². The van der Waals surface area contributed by atoms with Crippen molar-refractivity contribution in [3.63, 3.8) is 0 Å². The van der Waals surface area contributed by atoms with Crippen molar-refractivity contribution in [1.82, 2.24) is 15.0 Å². The van der Waals surface area contributed by atoms with Crippen molar-refractivity contribution in [3.05, 3.63) is 59.4 Å². The molecule has 118 valence electrons. The largest absolute Gasteiger partial charge is 0.372 e. The number of benzene rings is 2. The van der Waals surface area contributed by atoms with Crippen LogP contribution in [0.4, 0.5) is 0 Å².